The number of hydrogen-bond donors (Lipinski definition) is 0. The molecule has 0 atom stereocenters. The predicted molar refractivity (Wildman–Crippen MR) is 159 cm³/mol. The summed E-state index contributed by atoms with van der Waals surface area (Å²) in [6.45, 7) is 18.5. The van der Waals surface area contributed by atoms with Crippen LogP contribution in [-0.2, 0) is 6.54 Å². The molecule has 0 aliphatic carbocycles. The Morgan fingerprint density at radius 2 is 0.972 bits per heavy atom. The molecule has 3 rings (SSSR count). The lowest BCUT2D eigenvalue weighted by Gasteiger charge is -2.20. The van der Waals surface area contributed by atoms with Gasteiger partial charge in [-0.1, -0.05) is 38.1 Å². The lowest BCUT2D eigenvalue weighted by molar-refractivity contribution is -0.705. The van der Waals surface area contributed by atoms with E-state index in [1.54, 1.807) is 0 Å². The zero-order valence-corrected chi connectivity index (χ0v) is 23.1. The van der Waals surface area contributed by atoms with Crippen molar-refractivity contribution >= 4 is 35.7 Å². The average Bonchev–Trinajstić information content (AvgIpc) is 2.90. The fraction of sp³-hybridized carbons (Fsp3) is 0.364. The van der Waals surface area contributed by atoms with Crippen molar-refractivity contribution < 1.29 is 4.57 Å². The molecule has 0 N–H and O–H groups in total. The Kier molecular flexibility index (Phi) is 10.4. The van der Waals surface area contributed by atoms with Crippen LogP contribution in [0.2, 0.25) is 0 Å². The van der Waals surface area contributed by atoms with E-state index in [0.29, 0.717) is 5.92 Å². The predicted octanol–water partition coefficient (Wildman–Crippen LogP) is 7.66. The summed E-state index contributed by atoms with van der Waals surface area (Å²) in [5, 5.41) is 0. The molecule has 0 saturated heterocycles. The van der Waals surface area contributed by atoms with Crippen molar-refractivity contribution in [3.05, 3.63) is 89.2 Å². The topological polar surface area (TPSA) is 10.4 Å². The average molecular weight is 483 g/mol. The number of anilines is 2. The van der Waals surface area contributed by atoms with E-state index in [-0.39, 0.29) is 0 Å². The molecule has 0 aliphatic rings. The summed E-state index contributed by atoms with van der Waals surface area (Å²) >= 11 is 0. The van der Waals surface area contributed by atoms with Crippen molar-refractivity contribution in [1.29, 1.82) is 0 Å². The summed E-state index contributed by atoms with van der Waals surface area (Å²) in [6, 6.07) is 24.3. The van der Waals surface area contributed by atoms with E-state index in [1.807, 2.05) is 0 Å². The third-order valence-electron chi connectivity index (χ3n) is 6.64. The lowest BCUT2D eigenvalue weighted by atomic mass is 10.1. The van der Waals surface area contributed by atoms with Crippen LogP contribution in [0.5, 0.6) is 0 Å². The van der Waals surface area contributed by atoms with Crippen LogP contribution >= 0.6 is 0 Å². The highest BCUT2D eigenvalue weighted by atomic mass is 15.1. The second-order valence-electron chi connectivity index (χ2n) is 9.57. The van der Waals surface area contributed by atoms with Crippen LogP contribution in [0.3, 0.4) is 0 Å². The van der Waals surface area contributed by atoms with Gasteiger partial charge in [-0.05, 0) is 81.3 Å². The van der Waals surface area contributed by atoms with E-state index in [2.05, 4.69) is 147 Å². The summed E-state index contributed by atoms with van der Waals surface area (Å²) < 4.78 is 2.42. The largest absolute Gasteiger partial charge is 0.372 e. The smallest absolute Gasteiger partial charge is 0.205 e. The molecule has 36 heavy (non-hydrogen) atoms. The number of nitrogens with zero attached hydrogens (tertiary/aromatic N) is 3. The maximum atomic E-state index is 2.42. The second kappa shape index (κ2) is 13.7. The maximum Gasteiger partial charge on any atom is 0.205 e. The standard InChI is InChI=1S/C33H44N3/c1-7-34(8-2)30-20-14-28(15-21-30)18-24-32-12-11-13-33(36(32)26-27(5)6)25-19-29-16-22-31(23-17-29)35(9-3)10-4/h11-25,27H,7-10,26H2,1-6H3/q+1. The first-order valence-electron chi connectivity index (χ1n) is 13.6. The van der Waals surface area contributed by atoms with Gasteiger partial charge in [0.15, 0.2) is 6.54 Å². The molecule has 3 aromatic rings. The SMILES string of the molecule is CCN(CC)c1ccc(/C=C/c2cccc(/C=C/c3ccc(N(CC)CC)cc3)[n+]2CC(C)C)cc1. The van der Waals surface area contributed by atoms with Gasteiger partial charge in [0.2, 0.25) is 11.4 Å². The van der Waals surface area contributed by atoms with Crippen molar-refractivity contribution in [2.75, 3.05) is 36.0 Å². The molecule has 0 aliphatic heterocycles. The van der Waals surface area contributed by atoms with Crippen molar-refractivity contribution in [3.63, 3.8) is 0 Å². The molecule has 1 heterocycles. The van der Waals surface area contributed by atoms with Crippen LogP contribution in [-0.4, -0.2) is 26.2 Å². The highest BCUT2D eigenvalue weighted by Gasteiger charge is 2.15. The number of aromatic nitrogens is 1. The molecule has 2 aromatic carbocycles. The molecule has 0 fully saturated rings. The molecule has 0 radical (unpaired) electrons. The van der Waals surface area contributed by atoms with E-state index >= 15 is 0 Å². The summed E-state index contributed by atoms with van der Waals surface area (Å²) in [5.74, 6) is 0.554. The van der Waals surface area contributed by atoms with E-state index in [9.17, 15) is 0 Å². The first-order valence-corrected chi connectivity index (χ1v) is 13.6. The second-order valence-corrected chi connectivity index (χ2v) is 9.57. The maximum absolute atomic E-state index is 2.42. The van der Waals surface area contributed by atoms with Gasteiger partial charge in [-0.3, -0.25) is 0 Å². The van der Waals surface area contributed by atoms with E-state index in [1.165, 1.54) is 33.9 Å². The zero-order valence-electron chi connectivity index (χ0n) is 23.1. The summed E-state index contributed by atoms with van der Waals surface area (Å²) in [5.41, 5.74) is 7.44. The van der Waals surface area contributed by atoms with Gasteiger partial charge in [-0.15, -0.1) is 0 Å². The van der Waals surface area contributed by atoms with E-state index < -0.39 is 0 Å². The normalized spacial score (nSPS) is 11.6. The van der Waals surface area contributed by atoms with Crippen LogP contribution < -0.4 is 14.4 Å². The Balaban J connectivity index is 1.84. The Morgan fingerprint density at radius 1 is 0.583 bits per heavy atom. The Morgan fingerprint density at radius 3 is 1.31 bits per heavy atom. The number of pyridine rings is 1. The van der Waals surface area contributed by atoms with Crippen LogP contribution in [0.15, 0.2) is 66.7 Å². The molecule has 0 spiro atoms. The Bertz CT molecular complexity index is 1030. The van der Waals surface area contributed by atoms with Crippen molar-refractivity contribution in [1.82, 2.24) is 0 Å². The van der Waals surface area contributed by atoms with Crippen LogP contribution in [0.1, 0.15) is 64.1 Å². The first kappa shape index (κ1) is 27.3. The highest BCUT2D eigenvalue weighted by molar-refractivity contribution is 5.70. The van der Waals surface area contributed by atoms with Gasteiger partial charge in [0, 0.05) is 67.8 Å². The molecule has 3 nitrogen and oxygen atoms in total. The fourth-order valence-corrected chi connectivity index (χ4v) is 4.57. The lowest BCUT2D eigenvalue weighted by Crippen LogP contribution is -2.42. The fourth-order valence-electron chi connectivity index (χ4n) is 4.57. The first-order chi connectivity index (χ1) is 17.5. The van der Waals surface area contributed by atoms with Gasteiger partial charge in [0.05, 0.1) is 0 Å². The number of rotatable bonds is 12. The van der Waals surface area contributed by atoms with Gasteiger partial charge in [0.25, 0.3) is 0 Å². The third-order valence-corrected chi connectivity index (χ3v) is 6.64. The minimum atomic E-state index is 0.554. The van der Waals surface area contributed by atoms with Gasteiger partial charge in [-0.25, -0.2) is 0 Å². The Labute approximate surface area is 219 Å². The molecule has 0 amide bonds. The molecule has 0 bridgehead atoms. The van der Waals surface area contributed by atoms with Crippen molar-refractivity contribution in [2.45, 2.75) is 48.1 Å². The van der Waals surface area contributed by atoms with Gasteiger partial charge >= 0.3 is 0 Å². The van der Waals surface area contributed by atoms with Gasteiger partial charge < -0.3 is 9.80 Å². The molecule has 3 heteroatoms. The number of benzene rings is 2. The van der Waals surface area contributed by atoms with Crippen molar-refractivity contribution in [2.24, 2.45) is 5.92 Å². The van der Waals surface area contributed by atoms with Crippen LogP contribution in [0.25, 0.3) is 24.3 Å². The number of hydrogen-bond acceptors (Lipinski definition) is 2. The molecular formula is C33H44N3+. The van der Waals surface area contributed by atoms with E-state index in [0.717, 1.165) is 32.7 Å². The monoisotopic (exact) mass is 482 g/mol. The third kappa shape index (κ3) is 7.34. The molecule has 190 valence electrons. The molecule has 0 saturated carbocycles. The van der Waals surface area contributed by atoms with Crippen molar-refractivity contribution in [3.8, 4) is 0 Å². The molecular weight excluding hydrogens is 438 g/mol. The molecule has 1 aromatic heterocycles. The minimum Gasteiger partial charge on any atom is -0.372 e. The summed E-state index contributed by atoms with van der Waals surface area (Å²) in [7, 11) is 0. The summed E-state index contributed by atoms with van der Waals surface area (Å²) in [4.78, 5) is 4.74. The quantitative estimate of drug-likeness (QED) is 0.245. The van der Waals surface area contributed by atoms with Gasteiger partial charge in [-0.2, -0.15) is 4.57 Å². The molecule has 0 unspecified atom stereocenters. The van der Waals surface area contributed by atoms with Gasteiger partial charge in [0.1, 0.15) is 0 Å². The van der Waals surface area contributed by atoms with E-state index in [4.69, 9.17) is 0 Å². The van der Waals surface area contributed by atoms with Crippen LogP contribution in [0.4, 0.5) is 11.4 Å². The van der Waals surface area contributed by atoms with Crippen LogP contribution in [0, 0.1) is 5.92 Å². The Hall–Kier alpha value is -3.33. The minimum absolute atomic E-state index is 0.554. The summed E-state index contributed by atoms with van der Waals surface area (Å²) in [6.07, 6.45) is 8.92. The zero-order chi connectivity index (χ0) is 25.9. The highest BCUT2D eigenvalue weighted by Crippen LogP contribution is 2.18.